The van der Waals surface area contributed by atoms with E-state index in [1.807, 2.05) is 0 Å². The van der Waals surface area contributed by atoms with E-state index >= 15 is 0 Å². The molecule has 1 unspecified atom stereocenters. The molecule has 1 fully saturated rings. The molecule has 3 N–H and O–H groups in total. The first-order valence-corrected chi connectivity index (χ1v) is 5.48. The first-order valence-electron chi connectivity index (χ1n) is 5.48. The van der Waals surface area contributed by atoms with Gasteiger partial charge in [-0.05, 0) is 24.6 Å². The highest BCUT2D eigenvalue weighted by Crippen LogP contribution is 2.35. The monoisotopic (exact) mass is 237 g/mol. The van der Waals surface area contributed by atoms with E-state index in [9.17, 15) is 9.90 Å². The zero-order valence-electron chi connectivity index (χ0n) is 9.56. The van der Waals surface area contributed by atoms with Gasteiger partial charge >= 0.3 is 5.97 Å². The lowest BCUT2D eigenvalue weighted by molar-refractivity contribution is 0.0693. The molecule has 0 spiro atoms. The van der Waals surface area contributed by atoms with Gasteiger partial charge < -0.3 is 20.3 Å². The van der Waals surface area contributed by atoms with Crippen molar-refractivity contribution in [2.45, 2.75) is 12.3 Å². The van der Waals surface area contributed by atoms with Crippen LogP contribution in [-0.2, 0) is 0 Å². The van der Waals surface area contributed by atoms with Crippen molar-refractivity contribution in [3.05, 3.63) is 23.3 Å². The molecule has 0 bridgehead atoms. The van der Waals surface area contributed by atoms with E-state index in [1.165, 1.54) is 19.2 Å². The van der Waals surface area contributed by atoms with Gasteiger partial charge in [-0.2, -0.15) is 0 Å². The molecule has 1 saturated heterocycles. The number of phenols is 1. The van der Waals surface area contributed by atoms with Crippen molar-refractivity contribution in [3.8, 4) is 11.5 Å². The molecule has 92 valence electrons. The molecule has 2 rings (SSSR count). The summed E-state index contributed by atoms with van der Waals surface area (Å²) in [6, 6.07) is 2.88. The Morgan fingerprint density at radius 3 is 2.82 bits per heavy atom. The highest BCUT2D eigenvalue weighted by atomic mass is 16.5. The van der Waals surface area contributed by atoms with E-state index in [0.29, 0.717) is 5.75 Å². The van der Waals surface area contributed by atoms with Gasteiger partial charge in [0.2, 0.25) is 0 Å². The number of aromatic carboxylic acids is 1. The molecule has 0 amide bonds. The van der Waals surface area contributed by atoms with Crippen molar-refractivity contribution in [2.24, 2.45) is 0 Å². The van der Waals surface area contributed by atoms with Gasteiger partial charge in [0.05, 0.1) is 7.11 Å². The van der Waals surface area contributed by atoms with Crippen molar-refractivity contribution in [2.75, 3.05) is 20.2 Å². The van der Waals surface area contributed by atoms with Crippen LogP contribution in [0, 0.1) is 0 Å². The smallest absolute Gasteiger partial charge is 0.339 e. The molecule has 0 aliphatic carbocycles. The van der Waals surface area contributed by atoms with E-state index in [0.717, 1.165) is 25.1 Å². The summed E-state index contributed by atoms with van der Waals surface area (Å²) in [5.74, 6) is -0.605. The van der Waals surface area contributed by atoms with Gasteiger partial charge in [0.25, 0.3) is 0 Å². The van der Waals surface area contributed by atoms with Gasteiger partial charge in [0, 0.05) is 18.5 Å². The van der Waals surface area contributed by atoms with E-state index in [4.69, 9.17) is 9.84 Å². The summed E-state index contributed by atoms with van der Waals surface area (Å²) >= 11 is 0. The van der Waals surface area contributed by atoms with Crippen LogP contribution in [0.15, 0.2) is 12.1 Å². The molecule has 5 heteroatoms. The molecule has 0 saturated carbocycles. The Morgan fingerprint density at radius 1 is 1.53 bits per heavy atom. The summed E-state index contributed by atoms with van der Waals surface area (Å²) in [6.45, 7) is 1.72. The number of hydrogen-bond donors (Lipinski definition) is 3. The van der Waals surface area contributed by atoms with Gasteiger partial charge in [-0.1, -0.05) is 0 Å². The van der Waals surface area contributed by atoms with Gasteiger partial charge in [0.1, 0.15) is 17.1 Å². The van der Waals surface area contributed by atoms with Gasteiger partial charge in [-0.15, -0.1) is 0 Å². The van der Waals surface area contributed by atoms with Crippen LogP contribution in [0.2, 0.25) is 0 Å². The third kappa shape index (κ3) is 2.19. The van der Waals surface area contributed by atoms with Crippen LogP contribution in [-0.4, -0.2) is 36.4 Å². The minimum Gasteiger partial charge on any atom is -0.507 e. The first kappa shape index (κ1) is 11.7. The van der Waals surface area contributed by atoms with Crippen molar-refractivity contribution < 1.29 is 19.7 Å². The number of carboxylic acid groups (broad SMARTS) is 1. The van der Waals surface area contributed by atoms with E-state index in [1.54, 1.807) is 0 Å². The van der Waals surface area contributed by atoms with Crippen molar-refractivity contribution in [3.63, 3.8) is 0 Å². The Morgan fingerprint density at radius 2 is 2.29 bits per heavy atom. The van der Waals surface area contributed by atoms with E-state index in [-0.39, 0.29) is 17.2 Å². The third-order valence-electron chi connectivity index (χ3n) is 3.08. The van der Waals surface area contributed by atoms with Crippen LogP contribution in [0.3, 0.4) is 0 Å². The van der Waals surface area contributed by atoms with Crippen LogP contribution < -0.4 is 10.1 Å². The fourth-order valence-corrected chi connectivity index (χ4v) is 2.17. The standard InChI is InChI=1S/C12H15NO4/c1-17-11-5-10(14)9(12(15)16)4-8(11)7-2-3-13-6-7/h4-5,7,13-14H,2-3,6H2,1H3,(H,15,16). The zero-order chi connectivity index (χ0) is 12.4. The van der Waals surface area contributed by atoms with Crippen molar-refractivity contribution in [1.82, 2.24) is 5.32 Å². The zero-order valence-corrected chi connectivity index (χ0v) is 9.56. The number of benzene rings is 1. The lowest BCUT2D eigenvalue weighted by Gasteiger charge is -2.15. The second-order valence-corrected chi connectivity index (χ2v) is 4.11. The van der Waals surface area contributed by atoms with Gasteiger partial charge in [-0.3, -0.25) is 0 Å². The number of methoxy groups -OCH3 is 1. The van der Waals surface area contributed by atoms with Crippen molar-refractivity contribution >= 4 is 5.97 Å². The van der Waals surface area contributed by atoms with Crippen LogP contribution >= 0.6 is 0 Å². The summed E-state index contributed by atoms with van der Waals surface area (Å²) < 4.78 is 5.19. The Kier molecular flexibility index (Phi) is 3.19. The van der Waals surface area contributed by atoms with Crippen LogP contribution in [0.5, 0.6) is 11.5 Å². The van der Waals surface area contributed by atoms with Crippen LogP contribution in [0.4, 0.5) is 0 Å². The average Bonchev–Trinajstić information content (AvgIpc) is 2.81. The topological polar surface area (TPSA) is 78.8 Å². The highest BCUT2D eigenvalue weighted by molar-refractivity contribution is 5.91. The fourth-order valence-electron chi connectivity index (χ4n) is 2.17. The number of ether oxygens (including phenoxy) is 1. The van der Waals surface area contributed by atoms with E-state index < -0.39 is 5.97 Å². The minimum absolute atomic E-state index is 0.0762. The molecular weight excluding hydrogens is 222 g/mol. The van der Waals surface area contributed by atoms with Crippen LogP contribution in [0.1, 0.15) is 28.3 Å². The molecule has 5 nitrogen and oxygen atoms in total. The number of hydrogen-bond acceptors (Lipinski definition) is 4. The summed E-state index contributed by atoms with van der Waals surface area (Å²) in [6.07, 6.45) is 0.945. The Hall–Kier alpha value is -1.75. The van der Waals surface area contributed by atoms with Crippen LogP contribution in [0.25, 0.3) is 0 Å². The summed E-state index contributed by atoms with van der Waals surface area (Å²) in [4.78, 5) is 11.0. The molecule has 1 aromatic carbocycles. The van der Waals surface area contributed by atoms with Gasteiger partial charge in [0.15, 0.2) is 0 Å². The SMILES string of the molecule is COc1cc(O)c(C(=O)O)cc1C1CCNC1. The largest absolute Gasteiger partial charge is 0.507 e. The van der Waals surface area contributed by atoms with Crippen molar-refractivity contribution in [1.29, 1.82) is 0 Å². The molecule has 0 aromatic heterocycles. The summed E-state index contributed by atoms with van der Waals surface area (Å²) in [5.41, 5.74) is 0.764. The quantitative estimate of drug-likeness (QED) is 0.735. The average molecular weight is 237 g/mol. The minimum atomic E-state index is -1.13. The molecule has 0 radical (unpaired) electrons. The number of nitrogens with one attached hydrogen (secondary N) is 1. The first-order chi connectivity index (χ1) is 8.13. The number of carboxylic acids is 1. The number of carbonyl (C=O) groups is 1. The maximum absolute atomic E-state index is 11.0. The van der Waals surface area contributed by atoms with Gasteiger partial charge in [-0.25, -0.2) is 4.79 Å². The lowest BCUT2D eigenvalue weighted by atomic mass is 9.95. The number of rotatable bonds is 3. The molecule has 1 aliphatic heterocycles. The molecule has 1 aromatic rings. The molecule has 1 atom stereocenters. The lowest BCUT2D eigenvalue weighted by Crippen LogP contribution is -2.09. The molecule has 1 heterocycles. The Labute approximate surface area is 99.0 Å². The second-order valence-electron chi connectivity index (χ2n) is 4.11. The Balaban J connectivity index is 2.47. The highest BCUT2D eigenvalue weighted by Gasteiger charge is 2.23. The molecular formula is C12H15NO4. The maximum Gasteiger partial charge on any atom is 0.339 e. The predicted octanol–water partition coefficient (Wildman–Crippen LogP) is 1.18. The molecule has 1 aliphatic rings. The normalized spacial score (nSPS) is 19.2. The third-order valence-corrected chi connectivity index (χ3v) is 3.08. The fraction of sp³-hybridized carbons (Fsp3) is 0.417. The molecule has 17 heavy (non-hydrogen) atoms. The second kappa shape index (κ2) is 4.63. The Bertz CT molecular complexity index is 438. The van der Waals surface area contributed by atoms with E-state index in [2.05, 4.69) is 5.32 Å². The predicted molar refractivity (Wildman–Crippen MR) is 61.8 cm³/mol. The maximum atomic E-state index is 11.0. The summed E-state index contributed by atoms with van der Waals surface area (Å²) in [5, 5.41) is 21.8. The summed E-state index contributed by atoms with van der Waals surface area (Å²) in [7, 11) is 1.51. The number of aromatic hydroxyl groups is 1.